The van der Waals surface area contributed by atoms with Crippen LogP contribution in [-0.4, -0.2) is 21.4 Å². The summed E-state index contributed by atoms with van der Waals surface area (Å²) in [5.41, 5.74) is 2.49. The zero-order valence-corrected chi connectivity index (χ0v) is 16.5. The van der Waals surface area contributed by atoms with Crippen LogP contribution in [0.2, 0.25) is 0 Å². The monoisotopic (exact) mass is 402 g/mol. The van der Waals surface area contributed by atoms with Crippen LogP contribution in [0.3, 0.4) is 0 Å². The van der Waals surface area contributed by atoms with Crippen molar-refractivity contribution < 1.29 is 4.79 Å². The molecule has 1 heterocycles. The van der Waals surface area contributed by atoms with E-state index in [9.17, 15) is 4.79 Å². The first-order chi connectivity index (χ1) is 12.2. The zero-order chi connectivity index (χ0) is 17.6. The molecule has 1 aromatic heterocycles. The fourth-order valence-electron chi connectivity index (χ4n) is 3.73. The Balaban J connectivity index is 1.75. The van der Waals surface area contributed by atoms with Crippen molar-refractivity contribution in [1.29, 1.82) is 0 Å². The van der Waals surface area contributed by atoms with E-state index in [1.54, 1.807) is 0 Å². The van der Waals surface area contributed by atoms with Crippen LogP contribution in [0.5, 0.6) is 0 Å². The lowest BCUT2D eigenvalue weighted by molar-refractivity contribution is -0.134. The Morgan fingerprint density at radius 1 is 1.16 bits per heavy atom. The van der Waals surface area contributed by atoms with Gasteiger partial charge >= 0.3 is 0 Å². The van der Waals surface area contributed by atoms with Crippen LogP contribution in [0.1, 0.15) is 56.7 Å². The average molecular weight is 403 g/mol. The summed E-state index contributed by atoms with van der Waals surface area (Å²) in [7, 11) is 0. The summed E-state index contributed by atoms with van der Waals surface area (Å²) in [5.74, 6) is 0.281. The zero-order valence-electron chi connectivity index (χ0n) is 15.0. The molecule has 4 heteroatoms. The summed E-state index contributed by atoms with van der Waals surface area (Å²) in [6.45, 7) is 3.54. The SMILES string of the molecule is CCC(=O)N(Cc1cccn1Cc1ccc(Br)cc1)C1CCCCC1. The fourth-order valence-corrected chi connectivity index (χ4v) is 3.99. The highest BCUT2D eigenvalue weighted by atomic mass is 79.9. The first-order valence-electron chi connectivity index (χ1n) is 9.35. The molecule has 1 aliphatic carbocycles. The summed E-state index contributed by atoms with van der Waals surface area (Å²) in [6, 6.07) is 13.1. The van der Waals surface area contributed by atoms with Gasteiger partial charge in [0.1, 0.15) is 0 Å². The van der Waals surface area contributed by atoms with Crippen LogP contribution < -0.4 is 0 Å². The molecule has 1 aliphatic rings. The molecule has 0 saturated heterocycles. The molecule has 0 aliphatic heterocycles. The molecule has 1 aromatic carbocycles. The van der Waals surface area contributed by atoms with Gasteiger partial charge in [0.05, 0.1) is 6.54 Å². The molecule has 1 amide bonds. The Labute approximate surface area is 159 Å². The molecule has 134 valence electrons. The van der Waals surface area contributed by atoms with Crippen molar-refractivity contribution in [2.75, 3.05) is 0 Å². The summed E-state index contributed by atoms with van der Waals surface area (Å²) >= 11 is 3.49. The number of rotatable bonds is 6. The van der Waals surface area contributed by atoms with Crippen LogP contribution in [0.4, 0.5) is 0 Å². The minimum atomic E-state index is 0.281. The first-order valence-corrected chi connectivity index (χ1v) is 10.1. The molecular formula is C21H27BrN2O. The number of carbonyl (C=O) groups excluding carboxylic acids is 1. The number of halogens is 1. The van der Waals surface area contributed by atoms with Gasteiger partial charge in [-0.3, -0.25) is 4.79 Å². The van der Waals surface area contributed by atoms with E-state index in [0.717, 1.165) is 30.4 Å². The molecule has 0 N–H and O–H groups in total. The number of hydrogen-bond acceptors (Lipinski definition) is 1. The Morgan fingerprint density at radius 2 is 1.88 bits per heavy atom. The number of nitrogens with zero attached hydrogens (tertiary/aromatic N) is 2. The maximum atomic E-state index is 12.6. The minimum absolute atomic E-state index is 0.281. The largest absolute Gasteiger partial charge is 0.345 e. The second kappa shape index (κ2) is 8.70. The van der Waals surface area contributed by atoms with E-state index >= 15 is 0 Å². The number of carbonyl (C=O) groups is 1. The first kappa shape index (κ1) is 18.2. The standard InChI is InChI=1S/C21H27BrN2O/c1-2-21(25)24(19-7-4-3-5-8-19)16-20-9-6-14-23(20)15-17-10-12-18(22)13-11-17/h6,9-14,19H,2-5,7-8,15-16H2,1H3. The van der Waals surface area contributed by atoms with E-state index in [0.29, 0.717) is 12.5 Å². The summed E-state index contributed by atoms with van der Waals surface area (Å²) in [5, 5.41) is 0. The molecule has 0 unspecified atom stereocenters. The van der Waals surface area contributed by atoms with Gasteiger partial charge in [-0.1, -0.05) is 54.2 Å². The minimum Gasteiger partial charge on any atom is -0.345 e. The smallest absolute Gasteiger partial charge is 0.222 e. The number of amides is 1. The molecule has 1 fully saturated rings. The second-order valence-corrected chi connectivity index (χ2v) is 7.84. The van der Waals surface area contributed by atoms with Gasteiger partial charge in [-0.2, -0.15) is 0 Å². The van der Waals surface area contributed by atoms with Crippen LogP contribution in [0, 0.1) is 0 Å². The van der Waals surface area contributed by atoms with Gasteiger partial charge in [-0.05, 0) is 42.7 Å². The average Bonchev–Trinajstić information content (AvgIpc) is 3.08. The van der Waals surface area contributed by atoms with Crippen molar-refractivity contribution in [3.63, 3.8) is 0 Å². The molecule has 0 atom stereocenters. The summed E-state index contributed by atoms with van der Waals surface area (Å²) in [6.07, 6.45) is 8.82. The molecule has 1 saturated carbocycles. The van der Waals surface area contributed by atoms with Crippen molar-refractivity contribution in [3.05, 3.63) is 58.3 Å². The number of aromatic nitrogens is 1. The third-order valence-corrected chi connectivity index (χ3v) is 5.69. The third-order valence-electron chi connectivity index (χ3n) is 5.16. The van der Waals surface area contributed by atoms with Crippen LogP contribution in [0.15, 0.2) is 47.1 Å². The summed E-state index contributed by atoms with van der Waals surface area (Å²) in [4.78, 5) is 14.7. The molecule has 25 heavy (non-hydrogen) atoms. The van der Waals surface area contributed by atoms with E-state index in [1.165, 1.54) is 30.5 Å². The topological polar surface area (TPSA) is 25.2 Å². The van der Waals surface area contributed by atoms with Crippen molar-refractivity contribution >= 4 is 21.8 Å². The lowest BCUT2D eigenvalue weighted by Gasteiger charge is -2.34. The second-order valence-electron chi connectivity index (χ2n) is 6.92. The van der Waals surface area contributed by atoms with Crippen molar-refractivity contribution in [3.8, 4) is 0 Å². The molecule has 0 spiro atoms. The molecular weight excluding hydrogens is 376 g/mol. The Bertz CT molecular complexity index is 686. The Hall–Kier alpha value is -1.55. The van der Waals surface area contributed by atoms with Gasteiger partial charge in [0.25, 0.3) is 0 Å². The van der Waals surface area contributed by atoms with Gasteiger partial charge < -0.3 is 9.47 Å². The highest BCUT2D eigenvalue weighted by Gasteiger charge is 2.25. The van der Waals surface area contributed by atoms with Crippen LogP contribution in [0.25, 0.3) is 0 Å². The highest BCUT2D eigenvalue weighted by molar-refractivity contribution is 9.10. The van der Waals surface area contributed by atoms with Gasteiger partial charge in [-0.25, -0.2) is 0 Å². The van der Waals surface area contributed by atoms with Crippen LogP contribution in [-0.2, 0) is 17.9 Å². The molecule has 0 radical (unpaired) electrons. The quantitative estimate of drug-likeness (QED) is 0.637. The van der Waals surface area contributed by atoms with Crippen LogP contribution >= 0.6 is 15.9 Å². The molecule has 3 nitrogen and oxygen atoms in total. The van der Waals surface area contributed by atoms with Gasteiger partial charge in [0.15, 0.2) is 0 Å². The fraction of sp³-hybridized carbons (Fsp3) is 0.476. The predicted molar refractivity (Wildman–Crippen MR) is 105 cm³/mol. The van der Waals surface area contributed by atoms with E-state index in [4.69, 9.17) is 0 Å². The van der Waals surface area contributed by atoms with Crippen molar-refractivity contribution in [1.82, 2.24) is 9.47 Å². The highest BCUT2D eigenvalue weighted by Crippen LogP contribution is 2.25. The Kier molecular flexibility index (Phi) is 6.35. The predicted octanol–water partition coefficient (Wildman–Crippen LogP) is 5.37. The lowest BCUT2D eigenvalue weighted by atomic mass is 9.94. The molecule has 3 rings (SSSR count). The number of benzene rings is 1. The van der Waals surface area contributed by atoms with Crippen molar-refractivity contribution in [2.24, 2.45) is 0 Å². The van der Waals surface area contributed by atoms with E-state index < -0.39 is 0 Å². The molecule has 0 bridgehead atoms. The normalized spacial score (nSPS) is 15.3. The maximum Gasteiger partial charge on any atom is 0.222 e. The van der Waals surface area contributed by atoms with Gasteiger partial charge in [-0.15, -0.1) is 0 Å². The van der Waals surface area contributed by atoms with Gasteiger partial charge in [0, 0.05) is 35.4 Å². The number of hydrogen-bond donors (Lipinski definition) is 0. The van der Waals surface area contributed by atoms with E-state index in [-0.39, 0.29) is 5.91 Å². The van der Waals surface area contributed by atoms with E-state index in [1.807, 2.05) is 6.92 Å². The maximum absolute atomic E-state index is 12.6. The Morgan fingerprint density at radius 3 is 2.56 bits per heavy atom. The third kappa shape index (κ3) is 4.75. The van der Waals surface area contributed by atoms with E-state index in [2.05, 4.69) is 68.0 Å². The van der Waals surface area contributed by atoms with Crippen molar-refractivity contribution in [2.45, 2.75) is 64.6 Å². The molecule has 2 aromatic rings. The van der Waals surface area contributed by atoms with Gasteiger partial charge in [0.2, 0.25) is 5.91 Å². The summed E-state index contributed by atoms with van der Waals surface area (Å²) < 4.78 is 3.36. The lowest BCUT2D eigenvalue weighted by Crippen LogP contribution is -2.41.